The lowest BCUT2D eigenvalue weighted by molar-refractivity contribution is 0.488. The quantitative estimate of drug-likeness (QED) is 0.460. The standard InChI is InChI=1S/C21H13F2NO/c22-15-10-14(11-16(23)12-15)20-13-21(25-17-6-2-1-3-7-17)18-8-4-5-9-19(18)24-20/h1-13H. The summed E-state index contributed by atoms with van der Waals surface area (Å²) in [6, 6.07) is 21.9. The number of pyridine rings is 1. The third-order valence-corrected chi connectivity index (χ3v) is 3.81. The van der Waals surface area contributed by atoms with Crippen LogP contribution in [0.1, 0.15) is 0 Å². The average molecular weight is 333 g/mol. The molecule has 0 unspecified atom stereocenters. The minimum Gasteiger partial charge on any atom is -0.457 e. The molecule has 0 aliphatic heterocycles. The number of aromatic nitrogens is 1. The molecule has 0 atom stereocenters. The molecule has 0 aliphatic rings. The molecule has 0 N–H and O–H groups in total. The Morgan fingerprint density at radius 2 is 1.40 bits per heavy atom. The largest absolute Gasteiger partial charge is 0.457 e. The van der Waals surface area contributed by atoms with Gasteiger partial charge in [-0.15, -0.1) is 0 Å². The summed E-state index contributed by atoms with van der Waals surface area (Å²) in [6.07, 6.45) is 0. The number of fused-ring (bicyclic) bond motifs is 1. The van der Waals surface area contributed by atoms with Crippen molar-refractivity contribution in [2.45, 2.75) is 0 Å². The molecule has 4 heteroatoms. The van der Waals surface area contributed by atoms with E-state index in [9.17, 15) is 8.78 Å². The Kier molecular flexibility index (Phi) is 3.86. The van der Waals surface area contributed by atoms with E-state index in [4.69, 9.17) is 4.74 Å². The number of benzene rings is 3. The first kappa shape index (κ1) is 15.3. The molecule has 4 rings (SSSR count). The second-order valence-corrected chi connectivity index (χ2v) is 5.60. The Morgan fingerprint density at radius 3 is 2.16 bits per heavy atom. The van der Waals surface area contributed by atoms with E-state index < -0.39 is 11.6 Å². The molecule has 1 heterocycles. The second kappa shape index (κ2) is 6.32. The van der Waals surface area contributed by atoms with E-state index in [1.165, 1.54) is 12.1 Å². The molecule has 0 bridgehead atoms. The number of hydrogen-bond acceptors (Lipinski definition) is 2. The van der Waals surface area contributed by atoms with Crippen LogP contribution < -0.4 is 4.74 Å². The van der Waals surface area contributed by atoms with Crippen LogP contribution in [0.5, 0.6) is 11.5 Å². The van der Waals surface area contributed by atoms with Crippen molar-refractivity contribution in [3.63, 3.8) is 0 Å². The molecule has 0 saturated heterocycles. The predicted octanol–water partition coefficient (Wildman–Crippen LogP) is 5.97. The summed E-state index contributed by atoms with van der Waals surface area (Å²) < 4.78 is 33.1. The van der Waals surface area contributed by atoms with Crippen molar-refractivity contribution in [3.8, 4) is 22.8 Å². The van der Waals surface area contributed by atoms with Crippen molar-refractivity contribution in [1.29, 1.82) is 0 Å². The van der Waals surface area contributed by atoms with Crippen molar-refractivity contribution in [2.75, 3.05) is 0 Å². The number of ether oxygens (including phenoxy) is 1. The van der Waals surface area contributed by atoms with Crippen LogP contribution >= 0.6 is 0 Å². The van der Waals surface area contributed by atoms with E-state index in [1.807, 2.05) is 54.6 Å². The van der Waals surface area contributed by atoms with Gasteiger partial charge in [0.1, 0.15) is 23.1 Å². The zero-order chi connectivity index (χ0) is 17.2. The lowest BCUT2D eigenvalue weighted by atomic mass is 10.1. The molecular formula is C21H13F2NO. The van der Waals surface area contributed by atoms with Gasteiger partial charge in [0.25, 0.3) is 0 Å². The highest BCUT2D eigenvalue weighted by atomic mass is 19.1. The molecule has 25 heavy (non-hydrogen) atoms. The van der Waals surface area contributed by atoms with Crippen LogP contribution in [0.3, 0.4) is 0 Å². The zero-order valence-corrected chi connectivity index (χ0v) is 13.1. The normalized spacial score (nSPS) is 10.8. The van der Waals surface area contributed by atoms with Crippen molar-refractivity contribution >= 4 is 10.9 Å². The average Bonchev–Trinajstić information content (AvgIpc) is 2.62. The summed E-state index contributed by atoms with van der Waals surface area (Å²) in [7, 11) is 0. The van der Waals surface area contributed by atoms with Gasteiger partial charge in [-0.05, 0) is 36.4 Å². The number of rotatable bonds is 3. The highest BCUT2D eigenvalue weighted by molar-refractivity contribution is 5.88. The van der Waals surface area contributed by atoms with Gasteiger partial charge in [0.15, 0.2) is 0 Å². The van der Waals surface area contributed by atoms with Crippen molar-refractivity contribution < 1.29 is 13.5 Å². The van der Waals surface area contributed by atoms with Crippen molar-refractivity contribution in [1.82, 2.24) is 4.98 Å². The van der Waals surface area contributed by atoms with Crippen LogP contribution in [0.2, 0.25) is 0 Å². The van der Waals surface area contributed by atoms with Gasteiger partial charge in [-0.1, -0.05) is 30.3 Å². The first-order valence-corrected chi connectivity index (χ1v) is 7.78. The van der Waals surface area contributed by atoms with Crippen LogP contribution in [0.15, 0.2) is 78.9 Å². The molecule has 0 saturated carbocycles. The first-order chi connectivity index (χ1) is 12.2. The molecule has 0 amide bonds. The molecule has 0 aliphatic carbocycles. The predicted molar refractivity (Wildman–Crippen MR) is 93.6 cm³/mol. The monoisotopic (exact) mass is 333 g/mol. The summed E-state index contributed by atoms with van der Waals surface area (Å²) in [5, 5.41) is 0.826. The molecule has 1 aromatic heterocycles. The molecule has 122 valence electrons. The topological polar surface area (TPSA) is 22.1 Å². The van der Waals surface area contributed by atoms with Gasteiger partial charge in [0, 0.05) is 23.1 Å². The van der Waals surface area contributed by atoms with Gasteiger partial charge in [-0.2, -0.15) is 0 Å². The Balaban J connectivity index is 1.89. The van der Waals surface area contributed by atoms with Crippen LogP contribution in [-0.2, 0) is 0 Å². The highest BCUT2D eigenvalue weighted by Crippen LogP contribution is 2.33. The summed E-state index contributed by atoms with van der Waals surface area (Å²) in [4.78, 5) is 4.52. The molecular weight excluding hydrogens is 320 g/mol. The van der Waals surface area contributed by atoms with Gasteiger partial charge >= 0.3 is 0 Å². The third kappa shape index (κ3) is 3.19. The van der Waals surface area contributed by atoms with Gasteiger partial charge in [-0.25, -0.2) is 13.8 Å². The van der Waals surface area contributed by atoms with E-state index in [2.05, 4.69) is 4.98 Å². The summed E-state index contributed by atoms with van der Waals surface area (Å²) in [5.41, 5.74) is 1.50. The fraction of sp³-hybridized carbons (Fsp3) is 0. The Hall–Kier alpha value is -3.27. The Bertz CT molecular complexity index is 1030. The second-order valence-electron chi connectivity index (χ2n) is 5.60. The van der Waals surface area contributed by atoms with Gasteiger partial charge < -0.3 is 4.74 Å². The first-order valence-electron chi connectivity index (χ1n) is 7.78. The smallest absolute Gasteiger partial charge is 0.138 e. The van der Waals surface area contributed by atoms with Gasteiger partial charge in [0.2, 0.25) is 0 Å². The van der Waals surface area contributed by atoms with E-state index in [0.29, 0.717) is 28.3 Å². The maximum absolute atomic E-state index is 13.6. The summed E-state index contributed by atoms with van der Waals surface area (Å²) >= 11 is 0. The summed E-state index contributed by atoms with van der Waals surface area (Å²) in [5.74, 6) is -0.0299. The van der Waals surface area contributed by atoms with E-state index in [1.54, 1.807) is 6.07 Å². The van der Waals surface area contributed by atoms with Crippen LogP contribution in [0, 0.1) is 11.6 Å². The maximum atomic E-state index is 13.6. The maximum Gasteiger partial charge on any atom is 0.138 e. The minimum absolute atomic E-state index is 0.362. The lowest BCUT2D eigenvalue weighted by Gasteiger charge is -2.11. The highest BCUT2D eigenvalue weighted by Gasteiger charge is 2.11. The molecule has 3 aromatic carbocycles. The molecule has 2 nitrogen and oxygen atoms in total. The van der Waals surface area contributed by atoms with Crippen LogP contribution in [0.25, 0.3) is 22.2 Å². The number of hydrogen-bond donors (Lipinski definition) is 0. The lowest BCUT2D eigenvalue weighted by Crippen LogP contribution is -1.92. The summed E-state index contributed by atoms with van der Waals surface area (Å²) in [6.45, 7) is 0. The van der Waals surface area contributed by atoms with Crippen molar-refractivity contribution in [2.24, 2.45) is 0 Å². The molecule has 0 fully saturated rings. The van der Waals surface area contributed by atoms with Crippen LogP contribution in [0.4, 0.5) is 8.78 Å². The van der Waals surface area contributed by atoms with E-state index >= 15 is 0 Å². The van der Waals surface area contributed by atoms with Crippen molar-refractivity contribution in [3.05, 3.63) is 90.5 Å². The van der Waals surface area contributed by atoms with E-state index in [0.717, 1.165) is 11.5 Å². The number of para-hydroxylation sites is 2. The third-order valence-electron chi connectivity index (χ3n) is 3.81. The number of nitrogens with zero attached hydrogens (tertiary/aromatic N) is 1. The van der Waals surface area contributed by atoms with Gasteiger partial charge in [0.05, 0.1) is 11.2 Å². The van der Waals surface area contributed by atoms with E-state index in [-0.39, 0.29) is 0 Å². The molecule has 4 aromatic rings. The zero-order valence-electron chi connectivity index (χ0n) is 13.1. The van der Waals surface area contributed by atoms with Crippen LogP contribution in [-0.4, -0.2) is 4.98 Å². The Morgan fingerprint density at radius 1 is 0.720 bits per heavy atom. The Labute approximate surface area is 143 Å². The SMILES string of the molecule is Fc1cc(F)cc(-c2cc(Oc3ccccc3)c3ccccc3n2)c1. The fourth-order valence-corrected chi connectivity index (χ4v) is 2.69. The number of halogens is 2. The van der Waals surface area contributed by atoms with Gasteiger partial charge in [-0.3, -0.25) is 0 Å². The minimum atomic E-state index is -0.643. The molecule has 0 radical (unpaired) electrons. The fourth-order valence-electron chi connectivity index (χ4n) is 2.69. The molecule has 0 spiro atoms.